The van der Waals surface area contributed by atoms with E-state index in [1.807, 2.05) is 0 Å². The second-order valence-electron chi connectivity index (χ2n) is 3.13. The Bertz CT molecular complexity index is 202. The number of carbonyl (C=O) groups is 2. The number of likely N-dealkylation sites (N-methyl/N-ethyl adjacent to an activating group) is 1. The van der Waals surface area contributed by atoms with Crippen molar-refractivity contribution in [2.45, 2.75) is 25.3 Å². The van der Waals surface area contributed by atoms with E-state index in [-0.39, 0.29) is 18.5 Å². The van der Waals surface area contributed by atoms with Crippen LogP contribution < -0.4 is 16.0 Å². The Morgan fingerprint density at radius 3 is 2.54 bits per heavy atom. The Morgan fingerprint density at radius 1 is 1.38 bits per heavy atom. The maximum Gasteiger partial charge on any atom is 0.315 e. The first-order chi connectivity index (χ1) is 6.22. The first-order valence-corrected chi connectivity index (χ1v) is 4.47. The molecule has 3 amide bonds. The lowest BCUT2D eigenvalue weighted by Gasteiger charge is -2.26. The summed E-state index contributed by atoms with van der Waals surface area (Å²) in [5.41, 5.74) is 0. The fourth-order valence-electron chi connectivity index (χ4n) is 1.04. The third kappa shape index (κ3) is 3.31. The third-order valence-electron chi connectivity index (χ3n) is 2.13. The van der Waals surface area contributed by atoms with Gasteiger partial charge in [0.15, 0.2) is 0 Å². The van der Waals surface area contributed by atoms with Crippen LogP contribution in [0.3, 0.4) is 0 Å². The maximum atomic E-state index is 11.1. The van der Waals surface area contributed by atoms with Gasteiger partial charge in [-0.1, -0.05) is 0 Å². The number of rotatable bonds is 3. The number of hydrogen-bond acceptors (Lipinski definition) is 2. The Kier molecular flexibility index (Phi) is 3.54. The molecule has 13 heavy (non-hydrogen) atoms. The fourth-order valence-corrected chi connectivity index (χ4v) is 1.04. The molecule has 5 nitrogen and oxygen atoms in total. The van der Waals surface area contributed by atoms with Crippen molar-refractivity contribution in [2.75, 3.05) is 13.6 Å². The fraction of sp³-hybridized carbons (Fsp3) is 0.750. The highest BCUT2D eigenvalue weighted by Gasteiger charge is 2.19. The molecule has 0 aliphatic heterocycles. The Morgan fingerprint density at radius 2 is 2.08 bits per heavy atom. The Labute approximate surface area is 77.3 Å². The molecule has 0 unspecified atom stereocenters. The molecule has 1 aliphatic carbocycles. The SMILES string of the molecule is CNC(=O)CNC(=O)NC1CCC1. The van der Waals surface area contributed by atoms with Gasteiger partial charge in [-0.25, -0.2) is 4.79 Å². The van der Waals surface area contributed by atoms with Crippen LogP contribution in [0.2, 0.25) is 0 Å². The standard InChI is InChI=1S/C8H15N3O2/c1-9-7(12)5-10-8(13)11-6-3-2-4-6/h6H,2-5H2,1H3,(H,9,12)(H2,10,11,13). The summed E-state index contributed by atoms with van der Waals surface area (Å²) in [5, 5.41) is 7.66. The van der Waals surface area contributed by atoms with E-state index in [0.29, 0.717) is 6.04 Å². The van der Waals surface area contributed by atoms with Crippen molar-refractivity contribution in [3.05, 3.63) is 0 Å². The van der Waals surface area contributed by atoms with E-state index in [1.165, 1.54) is 13.5 Å². The molecule has 0 bridgehead atoms. The van der Waals surface area contributed by atoms with E-state index in [2.05, 4.69) is 16.0 Å². The molecular weight excluding hydrogens is 170 g/mol. The van der Waals surface area contributed by atoms with Crippen LogP contribution in [0.5, 0.6) is 0 Å². The zero-order valence-electron chi connectivity index (χ0n) is 7.72. The highest BCUT2D eigenvalue weighted by atomic mass is 16.2. The van der Waals surface area contributed by atoms with Gasteiger partial charge in [-0.15, -0.1) is 0 Å². The molecule has 1 saturated carbocycles. The van der Waals surface area contributed by atoms with Gasteiger partial charge < -0.3 is 16.0 Å². The molecule has 1 aliphatic rings. The molecule has 0 radical (unpaired) electrons. The monoisotopic (exact) mass is 185 g/mol. The van der Waals surface area contributed by atoms with Crippen LogP contribution in [0.4, 0.5) is 4.79 Å². The summed E-state index contributed by atoms with van der Waals surface area (Å²) in [6.45, 7) is 0.0368. The van der Waals surface area contributed by atoms with E-state index < -0.39 is 0 Å². The number of nitrogens with one attached hydrogen (secondary N) is 3. The zero-order chi connectivity index (χ0) is 9.68. The van der Waals surface area contributed by atoms with Gasteiger partial charge in [0, 0.05) is 13.1 Å². The molecule has 0 aromatic rings. The van der Waals surface area contributed by atoms with Crippen molar-refractivity contribution in [1.82, 2.24) is 16.0 Å². The molecule has 0 aromatic carbocycles. The second-order valence-corrected chi connectivity index (χ2v) is 3.13. The van der Waals surface area contributed by atoms with Gasteiger partial charge in [0.2, 0.25) is 5.91 Å². The highest BCUT2D eigenvalue weighted by Crippen LogP contribution is 2.17. The lowest BCUT2D eigenvalue weighted by atomic mass is 9.93. The molecule has 0 aromatic heterocycles. The summed E-state index contributed by atoms with van der Waals surface area (Å²) < 4.78 is 0. The average Bonchev–Trinajstić information content (AvgIpc) is 2.07. The van der Waals surface area contributed by atoms with Crippen LogP contribution >= 0.6 is 0 Å². The van der Waals surface area contributed by atoms with Crippen molar-refractivity contribution >= 4 is 11.9 Å². The molecule has 74 valence electrons. The Hall–Kier alpha value is -1.26. The van der Waals surface area contributed by atoms with Gasteiger partial charge in [0.25, 0.3) is 0 Å². The molecule has 0 spiro atoms. The summed E-state index contributed by atoms with van der Waals surface area (Å²) >= 11 is 0. The predicted octanol–water partition coefficient (Wildman–Crippen LogP) is -0.416. The third-order valence-corrected chi connectivity index (χ3v) is 2.13. The van der Waals surface area contributed by atoms with Crippen molar-refractivity contribution in [3.8, 4) is 0 Å². The van der Waals surface area contributed by atoms with Crippen LogP contribution in [0.25, 0.3) is 0 Å². The molecule has 0 heterocycles. The quantitative estimate of drug-likeness (QED) is 0.559. The van der Waals surface area contributed by atoms with Crippen LogP contribution in [-0.2, 0) is 4.79 Å². The first-order valence-electron chi connectivity index (χ1n) is 4.47. The minimum absolute atomic E-state index is 0.0368. The van der Waals surface area contributed by atoms with Crippen LogP contribution in [0.15, 0.2) is 0 Å². The molecule has 0 atom stereocenters. The van der Waals surface area contributed by atoms with Crippen molar-refractivity contribution in [3.63, 3.8) is 0 Å². The minimum Gasteiger partial charge on any atom is -0.358 e. The van der Waals surface area contributed by atoms with Gasteiger partial charge in [-0.3, -0.25) is 4.79 Å². The number of urea groups is 1. The topological polar surface area (TPSA) is 70.2 Å². The molecule has 1 rings (SSSR count). The van der Waals surface area contributed by atoms with Crippen LogP contribution in [0, 0.1) is 0 Å². The summed E-state index contributed by atoms with van der Waals surface area (Å²) in [6, 6.07) is 0.0537. The molecular formula is C8H15N3O2. The molecule has 1 fully saturated rings. The van der Waals surface area contributed by atoms with E-state index >= 15 is 0 Å². The van der Waals surface area contributed by atoms with Gasteiger partial charge in [0.1, 0.15) is 0 Å². The Balaban J connectivity index is 2.06. The molecule has 0 saturated heterocycles. The first kappa shape index (κ1) is 9.83. The minimum atomic E-state index is -0.256. The second kappa shape index (κ2) is 4.69. The maximum absolute atomic E-state index is 11.1. The summed E-state index contributed by atoms with van der Waals surface area (Å²) in [5.74, 6) is -0.191. The smallest absolute Gasteiger partial charge is 0.315 e. The molecule has 5 heteroatoms. The van der Waals surface area contributed by atoms with Gasteiger partial charge in [-0.2, -0.15) is 0 Å². The lowest BCUT2D eigenvalue weighted by molar-refractivity contribution is -0.119. The summed E-state index contributed by atoms with van der Waals surface area (Å²) in [6.07, 6.45) is 3.28. The average molecular weight is 185 g/mol. The molecule has 3 N–H and O–H groups in total. The van der Waals surface area contributed by atoms with Crippen molar-refractivity contribution < 1.29 is 9.59 Å². The van der Waals surface area contributed by atoms with Gasteiger partial charge in [-0.05, 0) is 19.3 Å². The predicted molar refractivity (Wildman–Crippen MR) is 48.2 cm³/mol. The highest BCUT2D eigenvalue weighted by molar-refractivity contribution is 5.83. The summed E-state index contributed by atoms with van der Waals surface area (Å²) in [7, 11) is 1.54. The number of amides is 3. The number of hydrogen-bond donors (Lipinski definition) is 3. The zero-order valence-corrected chi connectivity index (χ0v) is 7.72. The van der Waals surface area contributed by atoms with Crippen LogP contribution in [0.1, 0.15) is 19.3 Å². The van der Waals surface area contributed by atoms with E-state index in [9.17, 15) is 9.59 Å². The lowest BCUT2D eigenvalue weighted by Crippen LogP contribution is -2.47. The van der Waals surface area contributed by atoms with Gasteiger partial charge >= 0.3 is 6.03 Å². The van der Waals surface area contributed by atoms with E-state index in [4.69, 9.17) is 0 Å². The van der Waals surface area contributed by atoms with Crippen LogP contribution in [-0.4, -0.2) is 31.6 Å². The van der Waals surface area contributed by atoms with Crippen molar-refractivity contribution in [1.29, 1.82) is 0 Å². The summed E-state index contributed by atoms with van der Waals surface area (Å²) in [4.78, 5) is 21.8. The largest absolute Gasteiger partial charge is 0.358 e. The number of carbonyl (C=O) groups excluding carboxylic acids is 2. The normalized spacial score (nSPS) is 15.8. The van der Waals surface area contributed by atoms with E-state index in [0.717, 1.165) is 12.8 Å². The van der Waals surface area contributed by atoms with Crippen molar-refractivity contribution in [2.24, 2.45) is 0 Å². The van der Waals surface area contributed by atoms with Gasteiger partial charge in [0.05, 0.1) is 6.54 Å². The van der Waals surface area contributed by atoms with E-state index in [1.54, 1.807) is 0 Å².